The first-order chi connectivity index (χ1) is 16.6. The summed E-state index contributed by atoms with van der Waals surface area (Å²) in [6, 6.07) is 0. The number of nitrogens with one attached hydrogen (secondary N) is 3. The van der Waals surface area contributed by atoms with Crippen LogP contribution in [-0.4, -0.2) is 145 Å². The van der Waals surface area contributed by atoms with E-state index in [9.17, 15) is 29.1 Å². The van der Waals surface area contributed by atoms with Crippen molar-refractivity contribution in [2.24, 2.45) is 0 Å². The summed E-state index contributed by atoms with van der Waals surface area (Å²) >= 11 is 0. The molecule has 0 aliphatic carbocycles. The topological polar surface area (TPSA) is 151 Å². The first-order valence-electron chi connectivity index (χ1n) is 11.3. The van der Waals surface area contributed by atoms with E-state index in [1.54, 1.807) is 7.05 Å². The highest BCUT2D eigenvalue weighted by atomic mass is 16.3. The zero-order valence-electron chi connectivity index (χ0n) is 20.6. The number of aliphatic hydroxyl groups is 1. The molecular weight excluding hydrogens is 453 g/mol. The van der Waals surface area contributed by atoms with E-state index in [0.29, 0.717) is 13.1 Å². The molecule has 0 aromatic rings. The van der Waals surface area contributed by atoms with Gasteiger partial charge in [0.15, 0.2) is 0 Å². The van der Waals surface area contributed by atoms with E-state index < -0.39 is 23.9 Å². The third-order valence-corrected chi connectivity index (χ3v) is 4.82. The minimum absolute atomic E-state index is 0.00131. The fourth-order valence-electron chi connectivity index (χ4n) is 3.00. The third-order valence-electron chi connectivity index (χ3n) is 4.82. The van der Waals surface area contributed by atoms with Crippen LogP contribution in [0.15, 0.2) is 0 Å². The minimum Gasteiger partial charge on any atom is -0.377 e. The van der Waals surface area contributed by atoms with Gasteiger partial charge >= 0.3 is 0 Å². The molecule has 0 aliphatic rings. The Kier molecular flexibility index (Phi) is 17.6. The quantitative estimate of drug-likeness (QED) is 0.106. The summed E-state index contributed by atoms with van der Waals surface area (Å²) in [7, 11) is 17.9. The lowest BCUT2D eigenvalue weighted by molar-refractivity contribution is -0.134. The van der Waals surface area contributed by atoms with Crippen molar-refractivity contribution in [3.8, 4) is 0 Å². The number of carbonyl (C=O) groups excluding carboxylic acids is 5. The van der Waals surface area contributed by atoms with Gasteiger partial charge in [-0.3, -0.25) is 29.3 Å². The van der Waals surface area contributed by atoms with Crippen LogP contribution < -0.4 is 16.0 Å². The van der Waals surface area contributed by atoms with E-state index in [0.717, 1.165) is 0 Å². The summed E-state index contributed by atoms with van der Waals surface area (Å²) in [5, 5.41) is 18.5. The van der Waals surface area contributed by atoms with E-state index in [1.807, 2.05) is 0 Å². The van der Waals surface area contributed by atoms with Crippen LogP contribution in [0.1, 0.15) is 6.92 Å². The molecule has 4 N–H and O–H groups in total. The minimum atomic E-state index is -1.07. The maximum atomic E-state index is 12.3. The van der Waals surface area contributed by atoms with Crippen molar-refractivity contribution in [1.29, 1.82) is 0 Å². The Morgan fingerprint density at radius 1 is 0.771 bits per heavy atom. The number of ketones is 1. The molecule has 1 atom stereocenters. The number of nitrogens with zero attached hydrogens (tertiary/aromatic N) is 3. The summed E-state index contributed by atoms with van der Waals surface area (Å²) in [5.74, 6) is -1.90. The average Bonchev–Trinajstić information content (AvgIpc) is 2.83. The van der Waals surface area contributed by atoms with Gasteiger partial charge in [0.05, 0.1) is 43.2 Å². The fourth-order valence-corrected chi connectivity index (χ4v) is 3.00. The molecule has 0 aromatic carbocycles. The highest BCUT2D eigenvalue weighted by Gasteiger charge is 2.19. The van der Waals surface area contributed by atoms with E-state index in [4.69, 9.17) is 23.5 Å². The Morgan fingerprint density at radius 2 is 1.26 bits per heavy atom. The molecule has 0 rings (SSSR count). The Morgan fingerprint density at radius 3 is 1.77 bits per heavy atom. The van der Waals surface area contributed by atoms with Crippen LogP contribution in [0.3, 0.4) is 0 Å². The molecule has 0 aromatic heterocycles. The zero-order chi connectivity index (χ0) is 26.8. The molecule has 0 spiro atoms. The van der Waals surface area contributed by atoms with Gasteiger partial charge in [0.2, 0.25) is 23.6 Å². The van der Waals surface area contributed by atoms with Gasteiger partial charge in [0.25, 0.3) is 0 Å². The molecule has 0 saturated carbocycles. The van der Waals surface area contributed by atoms with Gasteiger partial charge < -0.3 is 30.4 Å². The van der Waals surface area contributed by atoms with Crippen LogP contribution in [0.5, 0.6) is 0 Å². The first-order valence-corrected chi connectivity index (χ1v) is 11.3. The van der Waals surface area contributed by atoms with E-state index in [1.165, 1.54) is 21.6 Å². The van der Waals surface area contributed by atoms with Crippen LogP contribution in [0.2, 0.25) is 19.0 Å². The summed E-state index contributed by atoms with van der Waals surface area (Å²) in [6.07, 6.45) is -1.82. The molecule has 0 heterocycles. The average molecular weight is 488 g/mol. The van der Waals surface area contributed by atoms with Crippen molar-refractivity contribution in [2.45, 2.75) is 32.1 Å². The number of hydrogen-bond acceptors (Lipinski definition) is 8. The summed E-state index contributed by atoms with van der Waals surface area (Å²) < 4.78 is 0. The van der Waals surface area contributed by atoms with Crippen LogP contribution in [0.25, 0.3) is 0 Å². The molecule has 35 heavy (non-hydrogen) atoms. The SMILES string of the molecule is [B]CC(=O)N(CCNC(=O)CN(CCNC(O)CN(CCNC)C(=O)C[B])C(=O)C[B])CC(C)=O. The van der Waals surface area contributed by atoms with E-state index >= 15 is 0 Å². The third kappa shape index (κ3) is 14.6. The molecule has 1 unspecified atom stereocenters. The number of hydrogen-bond donors (Lipinski definition) is 4. The second kappa shape index (κ2) is 18.9. The van der Waals surface area contributed by atoms with Crippen molar-refractivity contribution in [3.63, 3.8) is 0 Å². The van der Waals surface area contributed by atoms with Crippen molar-refractivity contribution in [3.05, 3.63) is 0 Å². The lowest BCUT2D eigenvalue weighted by atomic mass is 10.0. The molecule has 0 saturated heterocycles. The van der Waals surface area contributed by atoms with Crippen molar-refractivity contribution >= 4 is 53.0 Å². The maximum Gasteiger partial charge on any atom is 0.239 e. The summed E-state index contributed by atoms with van der Waals surface area (Å²) in [5.41, 5.74) is 0. The molecule has 190 valence electrons. The molecule has 0 fully saturated rings. The first kappa shape index (κ1) is 32.6. The lowest BCUT2D eigenvalue weighted by Gasteiger charge is -2.27. The molecule has 15 heteroatoms. The van der Waals surface area contributed by atoms with Gasteiger partial charge in [-0.2, -0.15) is 0 Å². The van der Waals surface area contributed by atoms with E-state index in [-0.39, 0.29) is 76.5 Å². The smallest absolute Gasteiger partial charge is 0.239 e. The second-order valence-corrected chi connectivity index (χ2v) is 7.71. The highest BCUT2D eigenvalue weighted by Crippen LogP contribution is 1.97. The number of Topliss-reactive ketones (excluding diaryl/α,β-unsaturated/α-hetero) is 1. The zero-order valence-corrected chi connectivity index (χ0v) is 20.6. The van der Waals surface area contributed by atoms with Gasteiger partial charge in [-0.25, -0.2) is 0 Å². The van der Waals surface area contributed by atoms with Gasteiger partial charge in [0.1, 0.15) is 12.0 Å². The fraction of sp³-hybridized carbons (Fsp3) is 0.750. The van der Waals surface area contributed by atoms with Gasteiger partial charge in [0, 0.05) is 39.3 Å². The molecular formula is C20H35B3N6O6. The van der Waals surface area contributed by atoms with Crippen LogP contribution in [0, 0.1) is 0 Å². The highest BCUT2D eigenvalue weighted by molar-refractivity contribution is 6.20. The van der Waals surface area contributed by atoms with Crippen LogP contribution in [-0.2, 0) is 24.0 Å². The Bertz CT molecular complexity index is 702. The molecule has 0 bridgehead atoms. The molecule has 4 amide bonds. The van der Waals surface area contributed by atoms with Crippen molar-refractivity contribution in [2.75, 3.05) is 66.0 Å². The standard InChI is InChI=1S/C20H35B3N6O6/c1-15(30)12-27(18(33)9-21)7-4-25-17(32)14-29(20(35)11-23)8-5-26-16(31)13-28(6-3-24-2)19(34)10-22/h16,24,26,31H,3-14H2,1-2H3,(H,25,32). The number of likely N-dealkylation sites (N-methyl/N-ethyl adjacent to an activating group) is 1. The van der Waals surface area contributed by atoms with Crippen molar-refractivity contribution < 1.29 is 29.1 Å². The van der Waals surface area contributed by atoms with E-state index in [2.05, 4.69) is 16.0 Å². The molecule has 6 radical (unpaired) electrons. The Balaban J connectivity index is 4.68. The van der Waals surface area contributed by atoms with Gasteiger partial charge in [-0.15, -0.1) is 0 Å². The van der Waals surface area contributed by atoms with Crippen molar-refractivity contribution in [1.82, 2.24) is 30.7 Å². The summed E-state index contributed by atoms with van der Waals surface area (Å²) in [6.45, 7) is 2.20. The lowest BCUT2D eigenvalue weighted by Crippen LogP contribution is -2.49. The predicted octanol–water partition coefficient (Wildman–Crippen LogP) is -3.93. The number of amides is 4. The predicted molar refractivity (Wildman–Crippen MR) is 133 cm³/mol. The van der Waals surface area contributed by atoms with Gasteiger partial charge in [-0.05, 0) is 32.9 Å². The maximum absolute atomic E-state index is 12.3. The van der Waals surface area contributed by atoms with Crippen LogP contribution >= 0.6 is 0 Å². The number of aliphatic hydroxyl groups excluding tert-OH is 1. The normalized spacial score (nSPS) is 11.4. The Hall–Kier alpha value is -2.38. The number of carbonyl (C=O) groups is 5. The largest absolute Gasteiger partial charge is 0.377 e. The summed E-state index contributed by atoms with van der Waals surface area (Å²) in [4.78, 5) is 63.3. The van der Waals surface area contributed by atoms with Crippen LogP contribution in [0.4, 0.5) is 0 Å². The monoisotopic (exact) mass is 488 g/mol. The van der Waals surface area contributed by atoms with Gasteiger partial charge in [-0.1, -0.05) is 0 Å². The molecule has 12 nitrogen and oxygen atoms in total. The number of rotatable bonds is 19. The second-order valence-electron chi connectivity index (χ2n) is 7.71. The Labute approximate surface area is 211 Å². The molecule has 0 aliphatic heterocycles.